The van der Waals surface area contributed by atoms with Gasteiger partial charge in [0.15, 0.2) is 0 Å². The number of nitrogens with zero attached hydrogens (tertiary/aromatic N) is 3. The van der Waals surface area contributed by atoms with Crippen LogP contribution in [0.2, 0.25) is 5.02 Å². The monoisotopic (exact) mass is 325 g/mol. The standard InChI is InChI=1S/C16H12ClN5O/c17-13-3-1-12(2-4-13)14-9-15(21-20-14)16(23)22-19-10-11-5-7-18-8-6-11/h1-10H,(H,20,21)(H,22,23)/b19-10-. The van der Waals surface area contributed by atoms with Gasteiger partial charge >= 0.3 is 0 Å². The molecular formula is C16H12ClN5O. The van der Waals surface area contributed by atoms with Crippen molar-refractivity contribution in [1.29, 1.82) is 0 Å². The summed E-state index contributed by atoms with van der Waals surface area (Å²) in [5.74, 6) is -0.372. The van der Waals surface area contributed by atoms with E-state index in [1.165, 1.54) is 6.21 Å². The van der Waals surface area contributed by atoms with Crippen LogP contribution in [0.15, 0.2) is 60.0 Å². The number of carbonyl (C=O) groups excluding carboxylic acids is 1. The Morgan fingerprint density at radius 2 is 1.91 bits per heavy atom. The number of amides is 1. The first-order chi connectivity index (χ1) is 11.2. The van der Waals surface area contributed by atoms with E-state index in [0.717, 1.165) is 11.1 Å². The quantitative estimate of drug-likeness (QED) is 0.571. The Labute approximate surface area is 137 Å². The second-order valence-corrected chi connectivity index (χ2v) is 5.09. The van der Waals surface area contributed by atoms with Crippen molar-refractivity contribution in [3.05, 3.63) is 71.1 Å². The molecule has 0 bridgehead atoms. The molecule has 0 fully saturated rings. The van der Waals surface area contributed by atoms with Crippen LogP contribution in [0.3, 0.4) is 0 Å². The van der Waals surface area contributed by atoms with Crippen molar-refractivity contribution in [2.75, 3.05) is 0 Å². The molecule has 6 nitrogen and oxygen atoms in total. The van der Waals surface area contributed by atoms with Gasteiger partial charge in [-0.25, -0.2) is 5.43 Å². The predicted molar refractivity (Wildman–Crippen MR) is 88.3 cm³/mol. The molecule has 0 unspecified atom stereocenters. The van der Waals surface area contributed by atoms with Gasteiger partial charge in [-0.1, -0.05) is 23.7 Å². The molecular weight excluding hydrogens is 314 g/mol. The molecule has 0 atom stereocenters. The maximum atomic E-state index is 12.0. The number of rotatable bonds is 4. The van der Waals surface area contributed by atoms with E-state index in [-0.39, 0.29) is 5.91 Å². The SMILES string of the molecule is O=C(N/N=C\c1ccncc1)c1cc(-c2ccc(Cl)cc2)n[nH]1. The maximum Gasteiger partial charge on any atom is 0.289 e. The van der Waals surface area contributed by atoms with Gasteiger partial charge in [-0.15, -0.1) is 0 Å². The van der Waals surface area contributed by atoms with Gasteiger partial charge in [0, 0.05) is 23.0 Å². The van der Waals surface area contributed by atoms with E-state index in [2.05, 4.69) is 25.7 Å². The van der Waals surface area contributed by atoms with Crippen LogP contribution < -0.4 is 5.43 Å². The Balaban J connectivity index is 1.67. The van der Waals surface area contributed by atoms with E-state index in [9.17, 15) is 4.79 Å². The molecule has 0 aliphatic heterocycles. The molecule has 23 heavy (non-hydrogen) atoms. The second-order valence-electron chi connectivity index (χ2n) is 4.65. The van der Waals surface area contributed by atoms with E-state index in [0.29, 0.717) is 16.4 Å². The van der Waals surface area contributed by atoms with Crippen LogP contribution >= 0.6 is 11.6 Å². The highest BCUT2D eigenvalue weighted by molar-refractivity contribution is 6.30. The first-order valence-corrected chi connectivity index (χ1v) is 7.15. The molecule has 0 saturated carbocycles. The number of pyridine rings is 1. The zero-order valence-corrected chi connectivity index (χ0v) is 12.7. The van der Waals surface area contributed by atoms with Crippen LogP contribution in [-0.2, 0) is 0 Å². The molecule has 2 heterocycles. The van der Waals surface area contributed by atoms with E-state index >= 15 is 0 Å². The van der Waals surface area contributed by atoms with Crippen molar-refractivity contribution in [3.63, 3.8) is 0 Å². The lowest BCUT2D eigenvalue weighted by atomic mass is 10.1. The summed E-state index contributed by atoms with van der Waals surface area (Å²) in [7, 11) is 0. The summed E-state index contributed by atoms with van der Waals surface area (Å²) in [5.41, 5.74) is 5.12. The number of halogens is 1. The summed E-state index contributed by atoms with van der Waals surface area (Å²) in [4.78, 5) is 15.9. The van der Waals surface area contributed by atoms with Gasteiger partial charge in [-0.2, -0.15) is 10.2 Å². The molecule has 0 aliphatic rings. The van der Waals surface area contributed by atoms with Crippen LogP contribution in [0, 0.1) is 0 Å². The third kappa shape index (κ3) is 3.81. The number of hydrogen-bond donors (Lipinski definition) is 2. The number of hydrogen-bond acceptors (Lipinski definition) is 4. The zero-order valence-electron chi connectivity index (χ0n) is 11.9. The fourth-order valence-electron chi connectivity index (χ4n) is 1.88. The molecule has 2 N–H and O–H groups in total. The Kier molecular flexibility index (Phi) is 4.44. The average molecular weight is 326 g/mol. The molecule has 1 amide bonds. The second kappa shape index (κ2) is 6.85. The van der Waals surface area contributed by atoms with E-state index in [1.807, 2.05) is 12.1 Å². The van der Waals surface area contributed by atoms with Gasteiger partial charge in [0.1, 0.15) is 5.69 Å². The number of nitrogens with one attached hydrogen (secondary N) is 2. The summed E-state index contributed by atoms with van der Waals surface area (Å²) in [6, 6.07) is 12.4. The molecule has 7 heteroatoms. The molecule has 2 aromatic heterocycles. The predicted octanol–water partition coefficient (Wildman–Crippen LogP) is 2.89. The molecule has 0 radical (unpaired) electrons. The molecule has 0 spiro atoms. The average Bonchev–Trinajstić information content (AvgIpc) is 3.06. The summed E-state index contributed by atoms with van der Waals surface area (Å²) in [6.45, 7) is 0. The molecule has 3 rings (SSSR count). The van der Waals surface area contributed by atoms with Crippen molar-refractivity contribution < 1.29 is 4.79 Å². The van der Waals surface area contributed by atoms with Crippen LogP contribution in [0.5, 0.6) is 0 Å². The van der Waals surface area contributed by atoms with Crippen molar-refractivity contribution in [3.8, 4) is 11.3 Å². The van der Waals surface area contributed by atoms with Crippen molar-refractivity contribution in [1.82, 2.24) is 20.6 Å². The Morgan fingerprint density at radius 3 is 2.65 bits per heavy atom. The number of hydrazone groups is 1. The minimum absolute atomic E-state index is 0.321. The van der Waals surface area contributed by atoms with Gasteiger partial charge in [0.25, 0.3) is 5.91 Å². The number of benzene rings is 1. The molecule has 3 aromatic rings. The zero-order chi connectivity index (χ0) is 16.1. The summed E-state index contributed by atoms with van der Waals surface area (Å²) in [6.07, 6.45) is 4.84. The van der Waals surface area contributed by atoms with E-state index < -0.39 is 0 Å². The van der Waals surface area contributed by atoms with Gasteiger partial charge < -0.3 is 0 Å². The van der Waals surface area contributed by atoms with E-state index in [1.54, 1.807) is 42.7 Å². The highest BCUT2D eigenvalue weighted by Gasteiger charge is 2.10. The molecule has 0 saturated heterocycles. The third-order valence-electron chi connectivity index (χ3n) is 3.05. The van der Waals surface area contributed by atoms with Crippen LogP contribution in [0.25, 0.3) is 11.3 Å². The summed E-state index contributed by atoms with van der Waals surface area (Å²) < 4.78 is 0. The largest absolute Gasteiger partial charge is 0.289 e. The van der Waals surface area contributed by atoms with Gasteiger partial charge in [-0.3, -0.25) is 14.9 Å². The number of H-pyrrole nitrogens is 1. The minimum Gasteiger partial charge on any atom is -0.272 e. The van der Waals surface area contributed by atoms with Crippen LogP contribution in [-0.4, -0.2) is 27.3 Å². The number of carbonyl (C=O) groups is 1. The van der Waals surface area contributed by atoms with Crippen molar-refractivity contribution in [2.45, 2.75) is 0 Å². The number of aromatic nitrogens is 3. The van der Waals surface area contributed by atoms with Crippen molar-refractivity contribution in [2.24, 2.45) is 5.10 Å². The normalized spacial score (nSPS) is 10.8. The molecule has 0 aliphatic carbocycles. The number of aromatic amines is 1. The topological polar surface area (TPSA) is 83.0 Å². The first kappa shape index (κ1) is 14.9. The lowest BCUT2D eigenvalue weighted by Crippen LogP contribution is -2.17. The highest BCUT2D eigenvalue weighted by atomic mass is 35.5. The van der Waals surface area contributed by atoms with Gasteiger partial charge in [0.05, 0.1) is 11.9 Å². The maximum absolute atomic E-state index is 12.0. The van der Waals surface area contributed by atoms with Gasteiger partial charge in [-0.05, 0) is 35.9 Å². The lowest BCUT2D eigenvalue weighted by Gasteiger charge is -1.96. The molecule has 114 valence electrons. The van der Waals surface area contributed by atoms with Crippen LogP contribution in [0.4, 0.5) is 0 Å². The highest BCUT2D eigenvalue weighted by Crippen LogP contribution is 2.20. The molecule has 1 aromatic carbocycles. The van der Waals surface area contributed by atoms with Crippen molar-refractivity contribution >= 4 is 23.7 Å². The smallest absolute Gasteiger partial charge is 0.272 e. The Morgan fingerprint density at radius 1 is 1.17 bits per heavy atom. The third-order valence-corrected chi connectivity index (χ3v) is 3.30. The van der Waals surface area contributed by atoms with Gasteiger partial charge in [0.2, 0.25) is 0 Å². The van der Waals surface area contributed by atoms with E-state index in [4.69, 9.17) is 11.6 Å². The summed E-state index contributed by atoms with van der Waals surface area (Å²) in [5, 5.41) is 11.3. The minimum atomic E-state index is -0.372. The van der Waals surface area contributed by atoms with Crippen LogP contribution in [0.1, 0.15) is 16.1 Å². The fourth-order valence-corrected chi connectivity index (χ4v) is 2.01. The first-order valence-electron chi connectivity index (χ1n) is 6.77. The Hall–Kier alpha value is -2.99. The Bertz CT molecular complexity index is 827. The summed E-state index contributed by atoms with van der Waals surface area (Å²) >= 11 is 5.85. The lowest BCUT2D eigenvalue weighted by molar-refractivity contribution is 0.0950. The fraction of sp³-hybridized carbons (Fsp3) is 0.